The van der Waals surface area contributed by atoms with Crippen molar-refractivity contribution in [2.45, 2.75) is 6.92 Å². The largest absolute Gasteiger partial charge is 0.312 e. The third-order valence-electron chi connectivity index (χ3n) is 26.9. The van der Waals surface area contributed by atoms with Crippen molar-refractivity contribution in [2.24, 2.45) is 0 Å². The summed E-state index contributed by atoms with van der Waals surface area (Å²) in [5.74, 6) is 0. The molecule has 0 fully saturated rings. The molecular formula is C125H88B3N3. The summed E-state index contributed by atoms with van der Waals surface area (Å²) in [7, 11) is 0. The van der Waals surface area contributed by atoms with Gasteiger partial charge >= 0.3 is 0 Å². The molecule has 0 saturated heterocycles. The molecule has 6 heteroatoms. The minimum absolute atomic E-state index is 0.0236. The summed E-state index contributed by atoms with van der Waals surface area (Å²) in [6.45, 7) is 2.33. The van der Waals surface area contributed by atoms with Crippen molar-refractivity contribution in [3.05, 3.63) is 521 Å². The van der Waals surface area contributed by atoms with Gasteiger partial charge in [-0.05, 0) is 211 Å². The van der Waals surface area contributed by atoms with Crippen LogP contribution in [-0.2, 0) is 0 Å². The van der Waals surface area contributed by atoms with E-state index in [0.29, 0.717) is 0 Å². The molecule has 3 aliphatic rings. The molecule has 0 aliphatic carbocycles. The van der Waals surface area contributed by atoms with Crippen molar-refractivity contribution >= 4 is 164 Å². The molecule has 0 bridgehead atoms. The van der Waals surface area contributed by atoms with Crippen LogP contribution in [0.3, 0.4) is 0 Å². The maximum absolute atomic E-state index is 2.48. The fourth-order valence-corrected chi connectivity index (χ4v) is 21.3. The lowest BCUT2D eigenvalue weighted by Gasteiger charge is -2.39. The van der Waals surface area contributed by atoms with Crippen LogP contribution in [0.15, 0.2) is 516 Å². The quantitative estimate of drug-likeness (QED) is 0.0892. The fourth-order valence-electron chi connectivity index (χ4n) is 21.3. The van der Waals surface area contributed by atoms with Crippen molar-refractivity contribution in [3.63, 3.8) is 0 Å². The number of hydrogen-bond acceptors (Lipinski definition) is 3. The maximum atomic E-state index is 2.48. The minimum atomic E-state index is 0.0236. The van der Waals surface area contributed by atoms with Crippen LogP contribution in [0, 0.1) is 6.92 Å². The first-order valence-corrected chi connectivity index (χ1v) is 45.6. The lowest BCUT2D eigenvalue weighted by Crippen LogP contribution is -2.58. The van der Waals surface area contributed by atoms with Crippen molar-refractivity contribution < 1.29 is 0 Å². The van der Waals surface area contributed by atoms with Crippen LogP contribution < -0.4 is 63.9 Å². The second-order valence-corrected chi connectivity index (χ2v) is 34.3. The Labute approximate surface area is 767 Å². The van der Waals surface area contributed by atoms with Gasteiger partial charge in [-0.15, -0.1) is 0 Å². The van der Waals surface area contributed by atoms with Gasteiger partial charge in [0.05, 0.1) is 0 Å². The summed E-state index contributed by atoms with van der Waals surface area (Å²) in [6, 6.07) is 188. The van der Waals surface area contributed by atoms with Crippen LogP contribution in [0.2, 0.25) is 0 Å². The molecule has 0 aromatic heterocycles. The van der Waals surface area contributed by atoms with Gasteiger partial charge in [-0.3, -0.25) is 0 Å². The Morgan fingerprint density at radius 1 is 0.160 bits per heavy atom. The van der Waals surface area contributed by atoms with Gasteiger partial charge in [0.15, 0.2) is 0 Å². The number of nitrogens with zero attached hydrogens (tertiary/aromatic N) is 3. The van der Waals surface area contributed by atoms with E-state index in [0.717, 1.165) is 5.69 Å². The van der Waals surface area contributed by atoms with Crippen LogP contribution in [-0.4, -0.2) is 20.1 Å². The first-order chi connectivity index (χ1) is 65.0. The fraction of sp³-hybridized carbons (Fsp3) is 0.00800. The highest BCUT2D eigenvalue weighted by Gasteiger charge is 2.42. The van der Waals surface area contributed by atoms with Gasteiger partial charge in [-0.25, -0.2) is 0 Å². The molecule has 612 valence electrons. The zero-order chi connectivity index (χ0) is 87.1. The number of fused-ring (bicyclic) bond motifs is 14. The Bertz CT molecular complexity index is 7740. The molecular weight excluding hydrogens is 1580 g/mol. The molecule has 0 unspecified atom stereocenters. The van der Waals surface area contributed by atoms with E-state index in [2.05, 4.69) is 537 Å². The van der Waals surface area contributed by atoms with Crippen molar-refractivity contribution in [1.29, 1.82) is 0 Å². The lowest BCUT2D eigenvalue weighted by molar-refractivity contribution is 1.28. The van der Waals surface area contributed by atoms with Crippen molar-refractivity contribution in [3.8, 4) is 66.8 Å². The molecule has 0 N–H and O–H groups in total. The monoisotopic (exact) mass is 1660 g/mol. The predicted octanol–water partition coefficient (Wildman–Crippen LogP) is 26.9. The first kappa shape index (κ1) is 79.1. The van der Waals surface area contributed by atoms with Gasteiger partial charge in [-0.1, -0.05) is 471 Å². The van der Waals surface area contributed by atoms with Crippen LogP contribution >= 0.6 is 0 Å². The second-order valence-electron chi connectivity index (χ2n) is 34.3. The van der Waals surface area contributed by atoms with Crippen molar-refractivity contribution in [2.75, 3.05) is 14.7 Å². The molecule has 0 atom stereocenters. The Balaban J connectivity index is 0.000000113. The number of hydrogen-bond donors (Lipinski definition) is 0. The van der Waals surface area contributed by atoms with Gasteiger partial charge in [0.2, 0.25) is 20.1 Å². The molecule has 3 nitrogen and oxygen atoms in total. The molecule has 0 spiro atoms. The zero-order valence-corrected chi connectivity index (χ0v) is 72.6. The van der Waals surface area contributed by atoms with E-state index in [-0.39, 0.29) is 20.1 Å². The predicted molar refractivity (Wildman–Crippen MR) is 564 cm³/mol. The number of para-hydroxylation sites is 6. The summed E-state index contributed by atoms with van der Waals surface area (Å²) < 4.78 is 0. The summed E-state index contributed by atoms with van der Waals surface area (Å²) in [5.41, 5.74) is 39.0. The zero-order valence-electron chi connectivity index (χ0n) is 72.6. The van der Waals surface area contributed by atoms with Gasteiger partial charge in [0, 0.05) is 56.6 Å². The van der Waals surface area contributed by atoms with Gasteiger partial charge in [0.25, 0.3) is 0 Å². The van der Waals surface area contributed by atoms with E-state index in [1.807, 2.05) is 0 Å². The van der Waals surface area contributed by atoms with Crippen molar-refractivity contribution in [1.82, 2.24) is 0 Å². The summed E-state index contributed by atoms with van der Waals surface area (Å²) in [5, 5.41) is 10.2. The average Bonchev–Trinajstić information content (AvgIpc) is 0.725. The van der Waals surface area contributed by atoms with E-state index in [1.54, 1.807) is 0 Å². The number of aryl methyl sites for hydroxylation is 1. The van der Waals surface area contributed by atoms with E-state index >= 15 is 0 Å². The SMILES string of the molecule is Cc1ccc2c(c1)B(c1c(-c3ccccc3)cccc1-c1ccccc1)c1ccccc1N2c1ccccc1.c1ccc(-c2cccc(-c3ccccc3)c2B2c3ccccc3N(c3ccc4c5ccccc5c5ccccc5c4c3)c3ccccc32)cc1.c1ccc(-c2cccc(-c3ccccc3)c2B2c3ccccc3N(c3ccccc3)c3c2ccc2ccccc32)cc1. The Hall–Kier alpha value is -16.5. The van der Waals surface area contributed by atoms with E-state index < -0.39 is 0 Å². The smallest absolute Gasteiger partial charge is 0.248 e. The summed E-state index contributed by atoms with van der Waals surface area (Å²) >= 11 is 0. The molecule has 3 heterocycles. The second kappa shape index (κ2) is 34.7. The molecule has 22 aromatic rings. The number of anilines is 9. The molecule has 131 heavy (non-hydrogen) atoms. The highest BCUT2D eigenvalue weighted by molar-refractivity contribution is 7.01. The highest BCUT2D eigenvalue weighted by atomic mass is 15.2. The lowest BCUT2D eigenvalue weighted by atomic mass is 9.33. The summed E-state index contributed by atoms with van der Waals surface area (Å²) in [6.07, 6.45) is 0. The molecule has 0 saturated carbocycles. The van der Waals surface area contributed by atoms with Gasteiger partial charge in [0.1, 0.15) is 0 Å². The third kappa shape index (κ3) is 14.3. The molecule has 3 aliphatic heterocycles. The molecule has 22 aromatic carbocycles. The van der Waals surface area contributed by atoms with E-state index in [1.165, 1.54) is 210 Å². The number of benzene rings is 22. The minimum Gasteiger partial charge on any atom is -0.312 e. The Morgan fingerprint density at radius 3 is 0.817 bits per heavy atom. The Kier molecular flexibility index (Phi) is 20.9. The molecule has 0 radical (unpaired) electrons. The molecule has 0 amide bonds. The number of rotatable bonds is 12. The first-order valence-electron chi connectivity index (χ1n) is 45.6. The van der Waals surface area contributed by atoms with Crippen LogP contribution in [0.1, 0.15) is 5.56 Å². The topological polar surface area (TPSA) is 9.72 Å². The standard InChI is InChI=1S/C48H32BN.C40H28BN.C37H28BN/c1-3-16-33(17-4-1)36-24-15-25-37(34-18-5-2-6-19-34)48(36)49-44-26-11-13-28-46(44)50(47-29-14-12-27-45(47)49)35-30-31-42-40-22-8-7-20-38(40)39-21-9-10-23-41(39)43(42)32-35;1-4-15-29(16-5-1)33-23-14-24-34(30-17-6-2-7-18-30)39(33)41-36-25-12-13-26-38(36)42(32-20-8-3-9-21-32)40-35-22-11-10-19-31(35)27-28-37(40)41;1-27-24-25-36-34(26-27)38(33-22-11-12-23-35(33)39(36)30-18-9-4-10-19-30)37-31(28-14-5-2-6-15-28)20-13-21-32(37)29-16-7-3-8-17-29/h1-32H;1-28H;2-26H,1H3. The highest BCUT2D eigenvalue weighted by Crippen LogP contribution is 2.46. The maximum Gasteiger partial charge on any atom is 0.248 e. The normalized spacial score (nSPS) is 12.2. The van der Waals surface area contributed by atoms with Crippen LogP contribution in [0.4, 0.5) is 51.2 Å². The third-order valence-corrected chi connectivity index (χ3v) is 26.9. The Morgan fingerprint density at radius 2 is 0.435 bits per heavy atom. The van der Waals surface area contributed by atoms with Crippen LogP contribution in [0.5, 0.6) is 0 Å². The van der Waals surface area contributed by atoms with Crippen LogP contribution in [0.25, 0.3) is 110 Å². The van der Waals surface area contributed by atoms with Gasteiger partial charge in [-0.2, -0.15) is 0 Å². The van der Waals surface area contributed by atoms with Gasteiger partial charge < -0.3 is 14.7 Å². The molecule has 25 rings (SSSR count). The van der Waals surface area contributed by atoms with E-state index in [4.69, 9.17) is 0 Å². The summed E-state index contributed by atoms with van der Waals surface area (Å²) in [4.78, 5) is 7.38. The average molecular weight is 1660 g/mol. The van der Waals surface area contributed by atoms with E-state index in [9.17, 15) is 0 Å².